The highest BCUT2D eigenvalue weighted by molar-refractivity contribution is 7.92. The van der Waals surface area contributed by atoms with E-state index in [2.05, 4.69) is 5.32 Å². The van der Waals surface area contributed by atoms with E-state index in [1.807, 2.05) is 0 Å². The molecule has 7 nitrogen and oxygen atoms in total. The lowest BCUT2D eigenvalue weighted by Crippen LogP contribution is -2.53. The van der Waals surface area contributed by atoms with Crippen molar-refractivity contribution in [2.75, 3.05) is 10.8 Å². The summed E-state index contributed by atoms with van der Waals surface area (Å²) < 4.78 is 28.7. The van der Waals surface area contributed by atoms with Gasteiger partial charge in [0, 0.05) is 22.6 Å². The van der Waals surface area contributed by atoms with E-state index in [4.69, 9.17) is 46.4 Å². The molecule has 3 aromatic carbocycles. The Kier molecular flexibility index (Phi) is 11.1. The zero-order chi connectivity index (χ0) is 30.4. The molecule has 42 heavy (non-hydrogen) atoms. The number of sulfonamides is 1. The van der Waals surface area contributed by atoms with Crippen molar-refractivity contribution in [2.24, 2.45) is 0 Å². The Balaban J connectivity index is 1.70. The summed E-state index contributed by atoms with van der Waals surface area (Å²) in [7, 11) is -4.23. The molecule has 1 aliphatic rings. The monoisotopic (exact) mass is 669 g/mol. The Morgan fingerprint density at radius 1 is 0.881 bits per heavy atom. The second-order valence-corrected chi connectivity index (χ2v) is 13.7. The minimum atomic E-state index is -4.23. The summed E-state index contributed by atoms with van der Waals surface area (Å²) in [5.41, 5.74) is 0.698. The van der Waals surface area contributed by atoms with Gasteiger partial charge in [-0.1, -0.05) is 89.9 Å². The number of hydrogen-bond donors (Lipinski definition) is 1. The van der Waals surface area contributed by atoms with Crippen LogP contribution in [0.5, 0.6) is 0 Å². The zero-order valence-corrected chi connectivity index (χ0v) is 26.7. The third-order valence-corrected chi connectivity index (χ3v) is 10.4. The molecule has 3 aromatic rings. The largest absolute Gasteiger partial charge is 0.352 e. The van der Waals surface area contributed by atoms with Crippen LogP contribution in [0.1, 0.15) is 44.6 Å². The van der Waals surface area contributed by atoms with Crippen LogP contribution in [0.2, 0.25) is 20.1 Å². The lowest BCUT2D eigenvalue weighted by atomic mass is 9.95. The van der Waals surface area contributed by atoms with Gasteiger partial charge in [0.15, 0.2) is 0 Å². The zero-order valence-electron chi connectivity index (χ0n) is 22.9. The van der Waals surface area contributed by atoms with E-state index in [9.17, 15) is 18.0 Å². The van der Waals surface area contributed by atoms with E-state index >= 15 is 0 Å². The van der Waals surface area contributed by atoms with Gasteiger partial charge in [0.1, 0.15) is 12.6 Å². The number of nitrogens with one attached hydrogen (secondary N) is 1. The van der Waals surface area contributed by atoms with Gasteiger partial charge in [-0.3, -0.25) is 13.9 Å². The molecule has 2 amide bonds. The summed E-state index contributed by atoms with van der Waals surface area (Å²) in [5, 5.41) is 4.16. The van der Waals surface area contributed by atoms with Gasteiger partial charge >= 0.3 is 0 Å². The van der Waals surface area contributed by atoms with Gasteiger partial charge in [-0.15, -0.1) is 0 Å². The molecule has 12 heteroatoms. The van der Waals surface area contributed by atoms with Gasteiger partial charge in [0.05, 0.1) is 20.6 Å². The lowest BCUT2D eigenvalue weighted by molar-refractivity contribution is -0.139. The van der Waals surface area contributed by atoms with Gasteiger partial charge in [-0.25, -0.2) is 8.42 Å². The molecule has 0 aliphatic heterocycles. The number of nitrogens with zero attached hydrogens (tertiary/aromatic N) is 2. The molecule has 0 aromatic heterocycles. The summed E-state index contributed by atoms with van der Waals surface area (Å²) in [6.07, 6.45) is 4.92. The third kappa shape index (κ3) is 7.91. The number of carbonyl (C=O) groups is 2. The van der Waals surface area contributed by atoms with Crippen LogP contribution >= 0.6 is 46.4 Å². The fraction of sp³-hybridized carbons (Fsp3) is 0.333. The first-order valence-corrected chi connectivity index (χ1v) is 16.5. The second kappa shape index (κ2) is 14.3. The van der Waals surface area contributed by atoms with Gasteiger partial charge in [-0.2, -0.15) is 0 Å². The van der Waals surface area contributed by atoms with Crippen LogP contribution in [0.15, 0.2) is 71.6 Å². The van der Waals surface area contributed by atoms with Crippen molar-refractivity contribution in [3.05, 3.63) is 92.4 Å². The van der Waals surface area contributed by atoms with E-state index in [-0.39, 0.29) is 39.1 Å². The first kappa shape index (κ1) is 32.4. The molecule has 224 valence electrons. The van der Waals surface area contributed by atoms with E-state index in [0.717, 1.165) is 36.4 Å². The van der Waals surface area contributed by atoms with E-state index in [0.29, 0.717) is 15.6 Å². The van der Waals surface area contributed by atoms with Gasteiger partial charge in [0.25, 0.3) is 10.0 Å². The fourth-order valence-electron chi connectivity index (χ4n) is 4.87. The number of rotatable bonds is 10. The summed E-state index contributed by atoms with van der Waals surface area (Å²) in [4.78, 5) is 28.8. The molecule has 1 unspecified atom stereocenters. The summed E-state index contributed by atoms with van der Waals surface area (Å²) in [5.74, 6) is -0.940. The maximum Gasteiger partial charge on any atom is 0.264 e. The van der Waals surface area contributed by atoms with Gasteiger partial charge in [-0.05, 0) is 67.8 Å². The van der Waals surface area contributed by atoms with Crippen LogP contribution in [-0.2, 0) is 26.2 Å². The van der Waals surface area contributed by atoms with Crippen LogP contribution < -0.4 is 9.62 Å². The Bertz CT molecular complexity index is 1530. The average Bonchev–Trinajstić information content (AvgIpc) is 2.97. The van der Waals surface area contributed by atoms with Crippen molar-refractivity contribution in [1.82, 2.24) is 10.2 Å². The van der Waals surface area contributed by atoms with E-state index in [1.54, 1.807) is 43.3 Å². The predicted octanol–water partition coefficient (Wildman–Crippen LogP) is 7.36. The number of carbonyl (C=O) groups excluding carboxylic acids is 2. The molecule has 1 N–H and O–H groups in total. The molecule has 0 saturated heterocycles. The minimum absolute atomic E-state index is 0.0146. The second-order valence-electron chi connectivity index (χ2n) is 10.2. The van der Waals surface area contributed by atoms with Crippen LogP contribution in [0.3, 0.4) is 0 Å². The van der Waals surface area contributed by atoms with Crippen molar-refractivity contribution >= 4 is 73.9 Å². The average molecular weight is 671 g/mol. The van der Waals surface area contributed by atoms with Crippen molar-refractivity contribution < 1.29 is 18.0 Å². The van der Waals surface area contributed by atoms with Crippen LogP contribution in [0, 0.1) is 0 Å². The molecule has 1 saturated carbocycles. The molecule has 0 heterocycles. The number of halogens is 4. The molecule has 4 rings (SSSR count). The lowest BCUT2D eigenvalue weighted by Gasteiger charge is -2.33. The summed E-state index contributed by atoms with van der Waals surface area (Å²) in [6.45, 7) is 0.964. The predicted molar refractivity (Wildman–Crippen MR) is 169 cm³/mol. The molecule has 0 radical (unpaired) electrons. The maximum atomic E-state index is 14.1. The minimum Gasteiger partial charge on any atom is -0.352 e. The number of hydrogen-bond acceptors (Lipinski definition) is 4. The molecule has 1 aliphatic carbocycles. The van der Waals surface area contributed by atoms with Crippen molar-refractivity contribution in [1.29, 1.82) is 0 Å². The molecule has 1 fully saturated rings. The molecular weight excluding hydrogens is 640 g/mol. The smallest absolute Gasteiger partial charge is 0.264 e. The quantitative estimate of drug-likeness (QED) is 0.244. The van der Waals surface area contributed by atoms with E-state index < -0.39 is 28.5 Å². The standard InChI is InChI=1S/C30H31Cl4N3O4S/c1-20(30(39)35-23-8-4-2-5-9-23)36(18-21-12-13-22(31)16-27(21)33)29(38)19-37(24-14-15-26(32)28(34)17-24)42(40,41)25-10-6-3-7-11-25/h3,6-7,10-17,20,23H,2,4-5,8-9,18-19H2,1H3,(H,35,39). The SMILES string of the molecule is CC(C(=O)NC1CCCCC1)N(Cc1ccc(Cl)cc1Cl)C(=O)CN(c1ccc(Cl)c(Cl)c1)S(=O)(=O)c1ccccc1. The summed E-state index contributed by atoms with van der Waals surface area (Å²) in [6, 6.07) is 16.0. The number of amides is 2. The van der Waals surface area contributed by atoms with Crippen LogP contribution in [0.25, 0.3) is 0 Å². The highest BCUT2D eigenvalue weighted by atomic mass is 35.5. The Morgan fingerprint density at radius 2 is 1.57 bits per heavy atom. The van der Waals surface area contributed by atoms with Gasteiger partial charge in [0.2, 0.25) is 11.8 Å². The molecular formula is C30H31Cl4N3O4S. The molecule has 0 spiro atoms. The molecule has 1 atom stereocenters. The normalized spacial score (nSPS) is 14.7. The highest BCUT2D eigenvalue weighted by Crippen LogP contribution is 2.31. The highest BCUT2D eigenvalue weighted by Gasteiger charge is 2.33. The van der Waals surface area contributed by atoms with Crippen molar-refractivity contribution in [3.63, 3.8) is 0 Å². The Hall–Kier alpha value is -2.49. The fourth-order valence-corrected chi connectivity index (χ4v) is 7.06. The topological polar surface area (TPSA) is 86.8 Å². The molecule has 0 bridgehead atoms. The van der Waals surface area contributed by atoms with Gasteiger partial charge < -0.3 is 10.2 Å². The van der Waals surface area contributed by atoms with Crippen molar-refractivity contribution in [2.45, 2.75) is 62.6 Å². The Morgan fingerprint density at radius 3 is 2.21 bits per heavy atom. The van der Waals surface area contributed by atoms with Crippen molar-refractivity contribution in [3.8, 4) is 0 Å². The maximum absolute atomic E-state index is 14.1. The number of anilines is 1. The number of benzene rings is 3. The van der Waals surface area contributed by atoms with E-state index in [1.165, 1.54) is 35.2 Å². The first-order chi connectivity index (χ1) is 20.0. The first-order valence-electron chi connectivity index (χ1n) is 13.5. The summed E-state index contributed by atoms with van der Waals surface area (Å²) >= 11 is 24.9. The third-order valence-electron chi connectivity index (χ3n) is 7.28. The van der Waals surface area contributed by atoms with Crippen LogP contribution in [0.4, 0.5) is 5.69 Å². The Labute approximate surface area is 266 Å². The van der Waals surface area contributed by atoms with Crippen LogP contribution in [-0.4, -0.2) is 43.8 Å².